The van der Waals surface area contributed by atoms with Gasteiger partial charge in [-0.15, -0.1) is 11.3 Å². The molecule has 0 bridgehead atoms. The Labute approximate surface area is 121 Å². The second-order valence-electron chi connectivity index (χ2n) is 5.45. The van der Waals surface area contributed by atoms with Crippen LogP contribution in [0.5, 0.6) is 0 Å². The van der Waals surface area contributed by atoms with Gasteiger partial charge >= 0.3 is 6.18 Å². The molecule has 6 heteroatoms. The standard InChI is InChI=1S/C14H21F3N2S/c1-3-9-5-6-10(7-9)12(18-4-2)11-8-19-13(20-11)14(15,16)17/h8-10,12,18H,3-7H2,1-2H3. The zero-order chi connectivity index (χ0) is 14.8. The van der Waals surface area contributed by atoms with Gasteiger partial charge in [-0.25, -0.2) is 4.98 Å². The summed E-state index contributed by atoms with van der Waals surface area (Å²) in [5.41, 5.74) is 0. The molecule has 0 aromatic carbocycles. The second kappa shape index (κ2) is 6.43. The first-order valence-electron chi connectivity index (χ1n) is 7.22. The van der Waals surface area contributed by atoms with Crippen molar-refractivity contribution >= 4 is 11.3 Å². The molecule has 1 aliphatic rings. The molecule has 1 aliphatic carbocycles. The lowest BCUT2D eigenvalue weighted by Gasteiger charge is -2.23. The number of alkyl halides is 3. The van der Waals surface area contributed by atoms with Crippen molar-refractivity contribution in [3.05, 3.63) is 16.1 Å². The minimum absolute atomic E-state index is 0.0187. The van der Waals surface area contributed by atoms with Gasteiger partial charge in [-0.3, -0.25) is 0 Å². The minimum Gasteiger partial charge on any atom is -0.309 e. The van der Waals surface area contributed by atoms with Crippen LogP contribution < -0.4 is 5.32 Å². The van der Waals surface area contributed by atoms with E-state index in [-0.39, 0.29) is 6.04 Å². The van der Waals surface area contributed by atoms with Crippen LogP contribution in [0.1, 0.15) is 55.5 Å². The van der Waals surface area contributed by atoms with Crippen LogP contribution in [0, 0.1) is 11.8 Å². The summed E-state index contributed by atoms with van der Waals surface area (Å²) in [6, 6.07) is 0.0187. The first-order chi connectivity index (χ1) is 9.45. The monoisotopic (exact) mass is 306 g/mol. The first-order valence-corrected chi connectivity index (χ1v) is 8.03. The molecule has 1 aromatic heterocycles. The number of hydrogen-bond acceptors (Lipinski definition) is 3. The molecule has 20 heavy (non-hydrogen) atoms. The van der Waals surface area contributed by atoms with Crippen molar-refractivity contribution < 1.29 is 13.2 Å². The largest absolute Gasteiger partial charge is 0.443 e. The fourth-order valence-corrected chi connectivity index (χ4v) is 4.02. The van der Waals surface area contributed by atoms with E-state index in [1.165, 1.54) is 12.6 Å². The number of aromatic nitrogens is 1. The van der Waals surface area contributed by atoms with Gasteiger partial charge in [0, 0.05) is 17.1 Å². The van der Waals surface area contributed by atoms with E-state index < -0.39 is 11.2 Å². The third-order valence-electron chi connectivity index (χ3n) is 4.13. The summed E-state index contributed by atoms with van der Waals surface area (Å²) in [7, 11) is 0. The highest BCUT2D eigenvalue weighted by atomic mass is 32.1. The average molecular weight is 306 g/mol. The SMILES string of the molecule is CCNC(c1cnc(C(F)(F)F)s1)C1CCC(CC)C1. The van der Waals surface area contributed by atoms with Gasteiger partial charge in [0.2, 0.25) is 0 Å². The summed E-state index contributed by atoms with van der Waals surface area (Å²) in [6.45, 7) is 4.94. The molecule has 3 unspecified atom stereocenters. The second-order valence-corrected chi connectivity index (χ2v) is 6.51. The van der Waals surface area contributed by atoms with Crippen LogP contribution in [0.3, 0.4) is 0 Å². The van der Waals surface area contributed by atoms with E-state index in [4.69, 9.17) is 0 Å². The number of rotatable bonds is 5. The minimum atomic E-state index is -4.33. The van der Waals surface area contributed by atoms with Crippen LogP contribution in [-0.4, -0.2) is 11.5 Å². The molecule has 114 valence electrons. The van der Waals surface area contributed by atoms with Crippen LogP contribution in [0.2, 0.25) is 0 Å². The maximum Gasteiger partial charge on any atom is 0.443 e. The van der Waals surface area contributed by atoms with Gasteiger partial charge < -0.3 is 5.32 Å². The Hall–Kier alpha value is -0.620. The maximum atomic E-state index is 12.7. The third-order valence-corrected chi connectivity index (χ3v) is 5.25. The van der Waals surface area contributed by atoms with Crippen molar-refractivity contribution in [2.24, 2.45) is 11.8 Å². The maximum absolute atomic E-state index is 12.7. The Morgan fingerprint density at radius 1 is 1.40 bits per heavy atom. The Morgan fingerprint density at radius 3 is 2.65 bits per heavy atom. The molecular formula is C14H21F3N2S. The summed E-state index contributed by atoms with van der Waals surface area (Å²) >= 11 is 0.785. The summed E-state index contributed by atoms with van der Waals surface area (Å²) in [5.74, 6) is 1.15. The van der Waals surface area contributed by atoms with Crippen molar-refractivity contribution in [3.63, 3.8) is 0 Å². The molecular weight excluding hydrogens is 285 g/mol. The van der Waals surface area contributed by atoms with Crippen LogP contribution >= 0.6 is 11.3 Å². The van der Waals surface area contributed by atoms with Gasteiger partial charge in [0.15, 0.2) is 5.01 Å². The Balaban J connectivity index is 2.14. The number of halogens is 3. The van der Waals surface area contributed by atoms with Gasteiger partial charge in [-0.1, -0.05) is 26.7 Å². The zero-order valence-electron chi connectivity index (χ0n) is 11.8. The lowest BCUT2D eigenvalue weighted by atomic mass is 9.95. The molecule has 1 aromatic rings. The molecule has 1 fully saturated rings. The molecule has 1 N–H and O–H groups in total. The normalized spacial score (nSPS) is 25.1. The molecule has 1 saturated carbocycles. The molecule has 1 heterocycles. The average Bonchev–Trinajstić information content (AvgIpc) is 3.04. The van der Waals surface area contributed by atoms with Crippen LogP contribution in [0.15, 0.2) is 6.20 Å². The fraction of sp³-hybridized carbons (Fsp3) is 0.786. The molecule has 0 radical (unpaired) electrons. The summed E-state index contributed by atoms with van der Waals surface area (Å²) in [5, 5.41) is 2.62. The summed E-state index contributed by atoms with van der Waals surface area (Å²) < 4.78 is 38.0. The molecule has 2 rings (SSSR count). The first kappa shape index (κ1) is 15.8. The smallest absolute Gasteiger partial charge is 0.309 e. The van der Waals surface area contributed by atoms with E-state index in [9.17, 15) is 13.2 Å². The highest BCUT2D eigenvalue weighted by Crippen LogP contribution is 2.43. The van der Waals surface area contributed by atoms with Crippen molar-refractivity contribution in [3.8, 4) is 0 Å². The van der Waals surface area contributed by atoms with Crippen molar-refractivity contribution in [2.45, 2.75) is 51.7 Å². The highest BCUT2D eigenvalue weighted by Gasteiger charge is 2.37. The number of thiazole rings is 1. The van der Waals surface area contributed by atoms with E-state index in [1.54, 1.807) is 0 Å². The summed E-state index contributed by atoms with van der Waals surface area (Å²) in [4.78, 5) is 4.28. The van der Waals surface area contributed by atoms with E-state index in [2.05, 4.69) is 17.2 Å². The quantitative estimate of drug-likeness (QED) is 0.857. The van der Waals surface area contributed by atoms with Gasteiger partial charge in [-0.05, 0) is 31.2 Å². The highest BCUT2D eigenvalue weighted by molar-refractivity contribution is 7.11. The lowest BCUT2D eigenvalue weighted by molar-refractivity contribution is -0.137. The molecule has 0 amide bonds. The molecule has 0 spiro atoms. The van der Waals surface area contributed by atoms with E-state index >= 15 is 0 Å². The number of nitrogens with zero attached hydrogens (tertiary/aromatic N) is 1. The molecule has 0 saturated heterocycles. The lowest BCUT2D eigenvalue weighted by Crippen LogP contribution is -2.26. The van der Waals surface area contributed by atoms with Gasteiger partial charge in [0.1, 0.15) is 0 Å². The van der Waals surface area contributed by atoms with Crippen molar-refractivity contribution in [2.75, 3.05) is 6.54 Å². The molecule has 0 aliphatic heterocycles. The Bertz CT molecular complexity index is 430. The Kier molecular flexibility index (Phi) is 5.07. The van der Waals surface area contributed by atoms with E-state index in [0.29, 0.717) is 5.92 Å². The van der Waals surface area contributed by atoms with Gasteiger partial charge in [0.05, 0.1) is 0 Å². The van der Waals surface area contributed by atoms with E-state index in [1.807, 2.05) is 6.92 Å². The zero-order valence-corrected chi connectivity index (χ0v) is 12.7. The fourth-order valence-electron chi connectivity index (χ4n) is 3.07. The van der Waals surface area contributed by atoms with Gasteiger partial charge in [0.25, 0.3) is 0 Å². The topological polar surface area (TPSA) is 24.9 Å². The summed E-state index contributed by atoms with van der Waals surface area (Å²) in [6.07, 6.45) is 1.62. The predicted octanol–water partition coefficient (Wildman–Crippen LogP) is 4.64. The molecule has 3 atom stereocenters. The van der Waals surface area contributed by atoms with E-state index in [0.717, 1.165) is 47.9 Å². The Morgan fingerprint density at radius 2 is 2.15 bits per heavy atom. The van der Waals surface area contributed by atoms with Crippen LogP contribution in [0.25, 0.3) is 0 Å². The predicted molar refractivity (Wildman–Crippen MR) is 74.7 cm³/mol. The van der Waals surface area contributed by atoms with Gasteiger partial charge in [-0.2, -0.15) is 13.2 Å². The van der Waals surface area contributed by atoms with Crippen LogP contribution in [0.4, 0.5) is 13.2 Å². The number of hydrogen-bond donors (Lipinski definition) is 1. The molecule has 2 nitrogen and oxygen atoms in total. The van der Waals surface area contributed by atoms with Crippen LogP contribution in [-0.2, 0) is 6.18 Å². The van der Waals surface area contributed by atoms with Crippen molar-refractivity contribution in [1.29, 1.82) is 0 Å². The number of nitrogens with one attached hydrogen (secondary N) is 1. The third kappa shape index (κ3) is 3.52. The van der Waals surface area contributed by atoms with Crippen molar-refractivity contribution in [1.82, 2.24) is 10.3 Å².